The summed E-state index contributed by atoms with van der Waals surface area (Å²) in [5.74, 6) is 0. The number of hydrogen-bond donors (Lipinski definition) is 0. The Bertz CT molecular complexity index is 303. The first-order valence-corrected chi connectivity index (χ1v) is 6.18. The zero-order valence-corrected chi connectivity index (χ0v) is 9.30. The maximum atomic E-state index is 11.6. The Balaban J connectivity index is 2.47. The lowest BCUT2D eigenvalue weighted by Gasteiger charge is -1.94. The van der Waals surface area contributed by atoms with Gasteiger partial charge in [0.15, 0.2) is 0 Å². The van der Waals surface area contributed by atoms with E-state index in [1.165, 1.54) is 12.8 Å². The zero-order valence-electron chi connectivity index (χ0n) is 8.48. The molecule has 0 amide bonds. The third kappa shape index (κ3) is 3.88. The van der Waals surface area contributed by atoms with Crippen molar-refractivity contribution in [3.63, 3.8) is 0 Å². The monoisotopic (exact) mass is 208 g/mol. The first-order valence-electron chi connectivity index (χ1n) is 4.97. The van der Waals surface area contributed by atoms with Crippen molar-refractivity contribution in [2.24, 2.45) is 0 Å². The lowest BCUT2D eigenvalue weighted by molar-refractivity contribution is 0.688. The Morgan fingerprint density at radius 3 is 2.64 bits per heavy atom. The molecule has 0 saturated heterocycles. The molecular weight excluding hydrogens is 192 g/mol. The summed E-state index contributed by atoms with van der Waals surface area (Å²) in [5, 5.41) is 1.78. The van der Waals surface area contributed by atoms with Crippen molar-refractivity contribution in [3.05, 3.63) is 41.8 Å². The van der Waals surface area contributed by atoms with Crippen LogP contribution >= 0.6 is 0 Å². The van der Waals surface area contributed by atoms with Gasteiger partial charge in [-0.05, 0) is 18.6 Å². The molecule has 0 aliphatic carbocycles. The van der Waals surface area contributed by atoms with Crippen molar-refractivity contribution in [3.8, 4) is 0 Å². The predicted octanol–water partition coefficient (Wildman–Crippen LogP) is 3.50. The average molecular weight is 208 g/mol. The fourth-order valence-electron chi connectivity index (χ4n) is 1.11. The largest absolute Gasteiger partial charge is 0.250 e. The summed E-state index contributed by atoms with van der Waals surface area (Å²) >= 11 is 0. The molecule has 0 N–H and O–H groups in total. The molecule has 0 bridgehead atoms. The summed E-state index contributed by atoms with van der Waals surface area (Å²) in [6.45, 7) is 2.15. The smallest absolute Gasteiger partial charge is 0.0772 e. The van der Waals surface area contributed by atoms with Crippen LogP contribution in [0.5, 0.6) is 0 Å². The van der Waals surface area contributed by atoms with Crippen molar-refractivity contribution in [1.82, 2.24) is 0 Å². The minimum absolute atomic E-state index is 0.875. The van der Waals surface area contributed by atoms with Gasteiger partial charge in [-0.3, -0.25) is 0 Å². The van der Waals surface area contributed by atoms with Gasteiger partial charge in [-0.15, -0.1) is 0 Å². The lowest BCUT2D eigenvalue weighted by Crippen LogP contribution is -1.84. The van der Waals surface area contributed by atoms with Gasteiger partial charge in [0, 0.05) is 10.3 Å². The molecule has 0 radical (unpaired) electrons. The summed E-state index contributed by atoms with van der Waals surface area (Å²) in [6.07, 6.45) is 5.38. The van der Waals surface area contributed by atoms with Crippen LogP contribution in [0.3, 0.4) is 0 Å². The van der Waals surface area contributed by atoms with Crippen LogP contribution in [0.2, 0.25) is 0 Å². The molecule has 1 aromatic rings. The molecule has 0 aliphatic rings. The SMILES string of the molecule is CCCCC=CS(=O)c1ccccc1. The van der Waals surface area contributed by atoms with Crippen molar-refractivity contribution in [2.75, 3.05) is 0 Å². The number of unbranched alkanes of at least 4 members (excludes halogenated alkanes) is 2. The van der Waals surface area contributed by atoms with E-state index in [4.69, 9.17) is 0 Å². The first-order chi connectivity index (χ1) is 6.84. The highest BCUT2D eigenvalue weighted by Gasteiger charge is 1.95. The molecular formula is C12H16OS. The van der Waals surface area contributed by atoms with Crippen LogP contribution in [-0.2, 0) is 10.8 Å². The molecule has 0 heterocycles. The Hall–Kier alpha value is -0.890. The standard InChI is InChI=1S/C12H16OS/c1-2-3-4-8-11-14(13)12-9-6-5-7-10-12/h5-11H,2-4H2,1H3. The topological polar surface area (TPSA) is 17.1 Å². The second kappa shape index (κ2) is 6.55. The van der Waals surface area contributed by atoms with Gasteiger partial charge in [0.2, 0.25) is 0 Å². The van der Waals surface area contributed by atoms with Crippen LogP contribution in [0.4, 0.5) is 0 Å². The van der Waals surface area contributed by atoms with E-state index < -0.39 is 10.8 Å². The molecule has 1 unspecified atom stereocenters. The molecule has 1 aromatic carbocycles. The molecule has 0 saturated carbocycles. The third-order valence-electron chi connectivity index (χ3n) is 1.92. The molecule has 1 rings (SSSR count). The second-order valence-electron chi connectivity index (χ2n) is 3.12. The van der Waals surface area contributed by atoms with Gasteiger partial charge in [0.05, 0.1) is 10.8 Å². The van der Waals surface area contributed by atoms with Crippen LogP contribution in [0.1, 0.15) is 26.2 Å². The van der Waals surface area contributed by atoms with E-state index in [0.717, 1.165) is 11.3 Å². The molecule has 76 valence electrons. The summed E-state index contributed by atoms with van der Waals surface area (Å²) in [7, 11) is -0.967. The van der Waals surface area contributed by atoms with Crippen molar-refractivity contribution in [1.29, 1.82) is 0 Å². The minimum atomic E-state index is -0.967. The van der Waals surface area contributed by atoms with Crippen molar-refractivity contribution < 1.29 is 4.21 Å². The maximum absolute atomic E-state index is 11.6. The number of hydrogen-bond acceptors (Lipinski definition) is 1. The molecule has 0 aliphatic heterocycles. The first kappa shape index (κ1) is 11.2. The summed E-state index contributed by atoms with van der Waals surface area (Å²) in [5.41, 5.74) is 0. The van der Waals surface area contributed by atoms with Crippen molar-refractivity contribution in [2.45, 2.75) is 31.1 Å². The van der Waals surface area contributed by atoms with Gasteiger partial charge in [-0.2, -0.15) is 0 Å². The van der Waals surface area contributed by atoms with E-state index in [1.54, 1.807) is 5.41 Å². The summed E-state index contributed by atoms with van der Waals surface area (Å²) in [6, 6.07) is 9.53. The van der Waals surface area contributed by atoms with Crippen LogP contribution in [0.15, 0.2) is 46.7 Å². The number of allylic oxidation sites excluding steroid dienone is 1. The van der Waals surface area contributed by atoms with E-state index in [2.05, 4.69) is 6.92 Å². The Morgan fingerprint density at radius 1 is 1.29 bits per heavy atom. The maximum Gasteiger partial charge on any atom is 0.0772 e. The fraction of sp³-hybridized carbons (Fsp3) is 0.333. The van der Waals surface area contributed by atoms with Crippen LogP contribution < -0.4 is 0 Å². The van der Waals surface area contributed by atoms with Gasteiger partial charge in [0.25, 0.3) is 0 Å². The number of rotatable bonds is 5. The van der Waals surface area contributed by atoms with E-state index >= 15 is 0 Å². The molecule has 0 fully saturated rings. The Morgan fingerprint density at radius 2 is 2.00 bits per heavy atom. The normalized spacial score (nSPS) is 13.2. The average Bonchev–Trinajstić information content (AvgIpc) is 2.25. The van der Waals surface area contributed by atoms with Gasteiger partial charge in [-0.1, -0.05) is 44.0 Å². The van der Waals surface area contributed by atoms with E-state index in [0.29, 0.717) is 0 Å². The van der Waals surface area contributed by atoms with Gasteiger partial charge in [-0.25, -0.2) is 4.21 Å². The number of benzene rings is 1. The van der Waals surface area contributed by atoms with E-state index in [1.807, 2.05) is 36.4 Å². The van der Waals surface area contributed by atoms with Crippen molar-refractivity contribution >= 4 is 10.8 Å². The Labute approximate surface area is 88.3 Å². The highest BCUT2D eigenvalue weighted by Crippen LogP contribution is 2.07. The lowest BCUT2D eigenvalue weighted by atomic mass is 10.2. The zero-order chi connectivity index (χ0) is 10.2. The highest BCUT2D eigenvalue weighted by atomic mass is 32.2. The molecule has 2 heteroatoms. The highest BCUT2D eigenvalue weighted by molar-refractivity contribution is 7.88. The molecule has 14 heavy (non-hydrogen) atoms. The summed E-state index contributed by atoms with van der Waals surface area (Å²) < 4.78 is 11.6. The second-order valence-corrected chi connectivity index (χ2v) is 4.46. The van der Waals surface area contributed by atoms with E-state index in [-0.39, 0.29) is 0 Å². The van der Waals surface area contributed by atoms with Gasteiger partial charge >= 0.3 is 0 Å². The summed E-state index contributed by atoms with van der Waals surface area (Å²) in [4.78, 5) is 0.875. The molecule has 1 atom stereocenters. The van der Waals surface area contributed by atoms with Crippen LogP contribution in [-0.4, -0.2) is 4.21 Å². The Kier molecular flexibility index (Phi) is 5.23. The predicted molar refractivity (Wildman–Crippen MR) is 61.5 cm³/mol. The van der Waals surface area contributed by atoms with Crippen LogP contribution in [0.25, 0.3) is 0 Å². The van der Waals surface area contributed by atoms with Gasteiger partial charge in [0.1, 0.15) is 0 Å². The molecule has 1 nitrogen and oxygen atoms in total. The third-order valence-corrected chi connectivity index (χ3v) is 3.10. The molecule has 0 aromatic heterocycles. The molecule has 0 spiro atoms. The van der Waals surface area contributed by atoms with E-state index in [9.17, 15) is 4.21 Å². The minimum Gasteiger partial charge on any atom is -0.250 e. The fourth-order valence-corrected chi connectivity index (χ4v) is 2.00. The van der Waals surface area contributed by atoms with Gasteiger partial charge < -0.3 is 0 Å². The quantitative estimate of drug-likeness (QED) is 0.677. The van der Waals surface area contributed by atoms with Crippen LogP contribution in [0, 0.1) is 0 Å².